The van der Waals surface area contributed by atoms with Crippen LogP contribution in [0, 0.1) is 5.82 Å². The van der Waals surface area contributed by atoms with Crippen LogP contribution < -0.4 is 10.6 Å². The Labute approximate surface area is 230 Å². The summed E-state index contributed by atoms with van der Waals surface area (Å²) in [6.45, 7) is 7.28. The minimum Gasteiger partial charge on any atom is -0.325 e. The maximum absolute atomic E-state index is 15.7. The standard InChI is InChI=1S/C28H30FN7O2S/c1-15(2)35(5)16(3)27(38)32-19-8-11-23(21(29)13-19)36-25-20(24(34-36)18-7-6-12-30-14-18)9-10-22-26(25)39-28(33-22)31-17(4)37/h6-8,11-16H,9-10H2,1-5H3,(H,32,38)(H,31,33,37). The Morgan fingerprint density at radius 3 is 2.62 bits per heavy atom. The number of aromatic nitrogens is 4. The fourth-order valence-electron chi connectivity index (χ4n) is 4.62. The van der Waals surface area contributed by atoms with Gasteiger partial charge in [0, 0.05) is 42.2 Å². The third kappa shape index (κ3) is 5.19. The number of aryl methyl sites for hydroxylation is 1. The second-order valence-electron chi connectivity index (χ2n) is 9.90. The van der Waals surface area contributed by atoms with Crippen molar-refractivity contribution in [3.63, 3.8) is 0 Å². The third-order valence-electron chi connectivity index (χ3n) is 6.97. The molecule has 1 aliphatic carbocycles. The van der Waals surface area contributed by atoms with Gasteiger partial charge in [-0.05, 0) is 71.0 Å². The molecule has 2 N–H and O–H groups in total. The number of carbonyl (C=O) groups is 2. The van der Waals surface area contributed by atoms with Gasteiger partial charge >= 0.3 is 0 Å². The lowest BCUT2D eigenvalue weighted by molar-refractivity contribution is -0.120. The molecule has 39 heavy (non-hydrogen) atoms. The largest absolute Gasteiger partial charge is 0.325 e. The van der Waals surface area contributed by atoms with Crippen molar-refractivity contribution in [3.05, 3.63) is 59.8 Å². The molecule has 2 amide bonds. The van der Waals surface area contributed by atoms with Gasteiger partial charge in [-0.25, -0.2) is 14.1 Å². The quantitative estimate of drug-likeness (QED) is 0.340. The first-order valence-electron chi connectivity index (χ1n) is 12.8. The van der Waals surface area contributed by atoms with Crippen LogP contribution in [-0.4, -0.2) is 55.6 Å². The van der Waals surface area contributed by atoms with Gasteiger partial charge in [0.15, 0.2) is 10.9 Å². The van der Waals surface area contributed by atoms with Crippen LogP contribution in [0.5, 0.6) is 0 Å². The fraction of sp³-hybridized carbons (Fsp3) is 0.321. The predicted molar refractivity (Wildman–Crippen MR) is 151 cm³/mol. The van der Waals surface area contributed by atoms with Crippen molar-refractivity contribution in [1.82, 2.24) is 24.6 Å². The summed E-state index contributed by atoms with van der Waals surface area (Å²) >= 11 is 1.35. The van der Waals surface area contributed by atoms with E-state index in [0.29, 0.717) is 23.7 Å². The molecule has 3 aromatic heterocycles. The molecule has 9 nitrogen and oxygen atoms in total. The summed E-state index contributed by atoms with van der Waals surface area (Å²) in [5.74, 6) is -0.948. The van der Waals surface area contributed by atoms with E-state index in [9.17, 15) is 9.59 Å². The van der Waals surface area contributed by atoms with Gasteiger partial charge in [-0.1, -0.05) is 11.3 Å². The number of rotatable bonds is 7. The molecule has 202 valence electrons. The lowest BCUT2D eigenvalue weighted by atomic mass is 9.95. The smallest absolute Gasteiger partial charge is 0.241 e. The molecular formula is C28H30FN7O2S. The highest BCUT2D eigenvalue weighted by molar-refractivity contribution is 7.19. The molecule has 0 fully saturated rings. The fourth-order valence-corrected chi connectivity index (χ4v) is 5.73. The minimum atomic E-state index is -0.528. The molecule has 0 saturated heterocycles. The molecule has 4 aromatic rings. The van der Waals surface area contributed by atoms with Crippen LogP contribution in [0.4, 0.5) is 15.2 Å². The second-order valence-corrected chi connectivity index (χ2v) is 10.9. The van der Waals surface area contributed by atoms with E-state index in [2.05, 4.69) is 20.6 Å². The van der Waals surface area contributed by atoms with Crippen LogP contribution in [0.1, 0.15) is 39.0 Å². The molecule has 0 radical (unpaired) electrons. The van der Waals surface area contributed by atoms with Crippen molar-refractivity contribution in [2.45, 2.75) is 52.6 Å². The van der Waals surface area contributed by atoms with Crippen molar-refractivity contribution in [3.8, 4) is 27.5 Å². The van der Waals surface area contributed by atoms with Gasteiger partial charge in [0.25, 0.3) is 0 Å². The number of pyridine rings is 1. The van der Waals surface area contributed by atoms with Crippen LogP contribution >= 0.6 is 11.3 Å². The van der Waals surface area contributed by atoms with Crippen LogP contribution in [0.25, 0.3) is 27.5 Å². The molecule has 3 heterocycles. The number of nitrogens with zero attached hydrogens (tertiary/aromatic N) is 5. The molecular weight excluding hydrogens is 517 g/mol. The van der Waals surface area contributed by atoms with E-state index < -0.39 is 5.82 Å². The van der Waals surface area contributed by atoms with Crippen LogP contribution in [0.2, 0.25) is 0 Å². The Hall–Kier alpha value is -3.96. The van der Waals surface area contributed by atoms with Gasteiger partial charge in [-0.3, -0.25) is 19.5 Å². The SMILES string of the molecule is CC(=O)Nc1nc2c(s1)-c1c(c(-c3cccnc3)nn1-c1ccc(NC(=O)C(C)N(C)C(C)C)cc1F)CC2. The second kappa shape index (κ2) is 10.7. The van der Waals surface area contributed by atoms with Crippen LogP contribution in [-0.2, 0) is 22.4 Å². The summed E-state index contributed by atoms with van der Waals surface area (Å²) in [7, 11) is 1.88. The zero-order valence-electron chi connectivity index (χ0n) is 22.4. The monoisotopic (exact) mass is 547 g/mol. The normalized spacial score (nSPS) is 13.2. The highest BCUT2D eigenvalue weighted by Gasteiger charge is 2.31. The highest BCUT2D eigenvalue weighted by atomic mass is 32.1. The lowest BCUT2D eigenvalue weighted by Gasteiger charge is -2.27. The van der Waals surface area contributed by atoms with Gasteiger partial charge in [0.05, 0.1) is 28.0 Å². The number of thiazole rings is 1. The topological polar surface area (TPSA) is 105 Å². The zero-order valence-corrected chi connectivity index (χ0v) is 23.3. The number of halogens is 1. The maximum Gasteiger partial charge on any atom is 0.241 e. The Bertz CT molecular complexity index is 1550. The first-order chi connectivity index (χ1) is 18.6. The molecule has 0 spiro atoms. The minimum absolute atomic E-state index is 0.188. The molecule has 5 rings (SSSR count). The Balaban J connectivity index is 1.57. The van der Waals surface area contributed by atoms with Gasteiger partial charge in [-0.15, -0.1) is 0 Å². The number of benzene rings is 1. The van der Waals surface area contributed by atoms with E-state index in [-0.39, 0.29) is 29.6 Å². The number of nitrogens with one attached hydrogen (secondary N) is 2. The number of amides is 2. The van der Waals surface area contributed by atoms with Crippen molar-refractivity contribution in [2.75, 3.05) is 17.7 Å². The molecule has 0 saturated carbocycles. The molecule has 1 unspecified atom stereocenters. The number of carbonyl (C=O) groups excluding carboxylic acids is 2. The number of likely N-dealkylation sites (N-methyl/N-ethyl adjacent to an activating group) is 1. The Morgan fingerprint density at radius 2 is 1.95 bits per heavy atom. The third-order valence-corrected chi connectivity index (χ3v) is 7.99. The summed E-state index contributed by atoms with van der Waals surface area (Å²) in [6.07, 6.45) is 4.77. The molecule has 0 aliphatic heterocycles. The van der Waals surface area contributed by atoms with Crippen molar-refractivity contribution in [1.29, 1.82) is 0 Å². The number of hydrogen-bond acceptors (Lipinski definition) is 7. The Morgan fingerprint density at radius 1 is 1.15 bits per heavy atom. The average molecular weight is 548 g/mol. The average Bonchev–Trinajstić information content (AvgIpc) is 3.49. The van der Waals surface area contributed by atoms with Crippen molar-refractivity contribution in [2.24, 2.45) is 0 Å². The van der Waals surface area contributed by atoms with E-state index in [1.807, 2.05) is 44.9 Å². The number of hydrogen-bond donors (Lipinski definition) is 2. The zero-order chi connectivity index (χ0) is 27.8. The van der Waals surface area contributed by atoms with Crippen molar-refractivity contribution < 1.29 is 14.0 Å². The molecule has 1 atom stereocenters. The van der Waals surface area contributed by atoms with Gasteiger partial charge < -0.3 is 10.6 Å². The van der Waals surface area contributed by atoms with Gasteiger partial charge in [0.2, 0.25) is 11.8 Å². The summed E-state index contributed by atoms with van der Waals surface area (Å²) < 4.78 is 17.3. The maximum atomic E-state index is 15.7. The number of fused-ring (bicyclic) bond motifs is 3. The first kappa shape index (κ1) is 26.6. The van der Waals surface area contributed by atoms with E-state index in [0.717, 1.165) is 33.1 Å². The van der Waals surface area contributed by atoms with Gasteiger partial charge in [0.1, 0.15) is 5.69 Å². The molecule has 11 heteroatoms. The molecule has 1 aromatic carbocycles. The first-order valence-corrected chi connectivity index (χ1v) is 13.6. The van der Waals surface area contributed by atoms with E-state index >= 15 is 4.39 Å². The summed E-state index contributed by atoms with van der Waals surface area (Å²) in [5, 5.41) is 10.9. The highest BCUT2D eigenvalue weighted by Crippen LogP contribution is 2.44. The summed E-state index contributed by atoms with van der Waals surface area (Å²) in [6, 6.07) is 8.18. The predicted octanol–water partition coefficient (Wildman–Crippen LogP) is 4.92. The van der Waals surface area contributed by atoms with Gasteiger partial charge in [-0.2, -0.15) is 5.10 Å². The van der Waals surface area contributed by atoms with Crippen LogP contribution in [0.15, 0.2) is 42.7 Å². The summed E-state index contributed by atoms with van der Waals surface area (Å²) in [5.41, 5.74) is 4.71. The lowest BCUT2D eigenvalue weighted by Crippen LogP contribution is -2.43. The van der Waals surface area contributed by atoms with Crippen LogP contribution in [0.3, 0.4) is 0 Å². The van der Waals surface area contributed by atoms with E-state index in [1.165, 1.54) is 24.3 Å². The Kier molecular flexibility index (Phi) is 7.28. The van der Waals surface area contributed by atoms with E-state index in [1.54, 1.807) is 29.2 Å². The molecule has 0 bridgehead atoms. The molecule has 1 aliphatic rings. The summed E-state index contributed by atoms with van der Waals surface area (Å²) in [4.78, 5) is 36.1. The number of anilines is 2. The van der Waals surface area contributed by atoms with Crippen molar-refractivity contribution >= 4 is 34.0 Å². The van der Waals surface area contributed by atoms with E-state index in [4.69, 9.17) is 5.10 Å².